The highest BCUT2D eigenvalue weighted by atomic mass is 32.2. The number of methoxy groups -OCH3 is 2. The molecule has 32 heavy (non-hydrogen) atoms. The van der Waals surface area contributed by atoms with Crippen LogP contribution >= 0.6 is 11.8 Å². The SMILES string of the molecule is CCn1c(SCC(=O)Nc2ccc3ccccc3c2)nnc1-c1ccc(OC)c(OC)c1. The molecule has 1 aromatic heterocycles. The fourth-order valence-corrected chi connectivity index (χ4v) is 4.27. The van der Waals surface area contributed by atoms with E-state index < -0.39 is 0 Å². The topological polar surface area (TPSA) is 78.3 Å². The van der Waals surface area contributed by atoms with E-state index in [0.29, 0.717) is 29.0 Å². The maximum Gasteiger partial charge on any atom is 0.234 e. The summed E-state index contributed by atoms with van der Waals surface area (Å²) in [6.07, 6.45) is 0. The number of ether oxygens (including phenoxy) is 2. The summed E-state index contributed by atoms with van der Waals surface area (Å²) in [7, 11) is 3.20. The fraction of sp³-hybridized carbons (Fsp3) is 0.208. The number of carbonyl (C=O) groups is 1. The van der Waals surface area contributed by atoms with Crippen LogP contribution in [0.5, 0.6) is 11.5 Å². The van der Waals surface area contributed by atoms with E-state index in [2.05, 4.69) is 15.5 Å². The number of hydrogen-bond acceptors (Lipinski definition) is 6. The first-order valence-corrected chi connectivity index (χ1v) is 11.2. The normalized spacial score (nSPS) is 10.8. The maximum absolute atomic E-state index is 12.5. The number of fused-ring (bicyclic) bond motifs is 1. The second-order valence-corrected chi connectivity index (χ2v) is 7.96. The summed E-state index contributed by atoms with van der Waals surface area (Å²) >= 11 is 1.36. The van der Waals surface area contributed by atoms with E-state index in [0.717, 1.165) is 22.0 Å². The first-order valence-electron chi connectivity index (χ1n) is 10.2. The van der Waals surface area contributed by atoms with E-state index in [1.165, 1.54) is 11.8 Å². The van der Waals surface area contributed by atoms with Gasteiger partial charge in [0.1, 0.15) is 0 Å². The Morgan fingerprint density at radius 3 is 2.50 bits per heavy atom. The lowest BCUT2D eigenvalue weighted by Crippen LogP contribution is -2.14. The van der Waals surface area contributed by atoms with Gasteiger partial charge in [0.15, 0.2) is 22.5 Å². The molecule has 4 aromatic rings. The van der Waals surface area contributed by atoms with Crippen LogP contribution in [-0.4, -0.2) is 40.6 Å². The van der Waals surface area contributed by atoms with E-state index in [1.54, 1.807) is 14.2 Å². The third-order valence-corrected chi connectivity index (χ3v) is 6.01. The average Bonchev–Trinajstić information content (AvgIpc) is 3.25. The van der Waals surface area contributed by atoms with Crippen molar-refractivity contribution >= 4 is 34.1 Å². The lowest BCUT2D eigenvalue weighted by molar-refractivity contribution is -0.113. The van der Waals surface area contributed by atoms with Gasteiger partial charge < -0.3 is 19.4 Å². The molecule has 3 aromatic carbocycles. The van der Waals surface area contributed by atoms with Gasteiger partial charge in [0.25, 0.3) is 0 Å². The maximum atomic E-state index is 12.5. The monoisotopic (exact) mass is 448 g/mol. The van der Waals surface area contributed by atoms with Crippen molar-refractivity contribution in [2.24, 2.45) is 0 Å². The number of nitrogens with one attached hydrogen (secondary N) is 1. The van der Waals surface area contributed by atoms with Gasteiger partial charge in [-0.1, -0.05) is 42.1 Å². The van der Waals surface area contributed by atoms with E-state index >= 15 is 0 Å². The van der Waals surface area contributed by atoms with Crippen LogP contribution in [0.1, 0.15) is 6.92 Å². The van der Waals surface area contributed by atoms with Crippen LogP contribution < -0.4 is 14.8 Å². The minimum Gasteiger partial charge on any atom is -0.493 e. The molecular weight excluding hydrogens is 424 g/mol. The van der Waals surface area contributed by atoms with Gasteiger partial charge in [-0.25, -0.2) is 0 Å². The first-order chi connectivity index (χ1) is 15.6. The molecule has 4 rings (SSSR count). The molecule has 0 unspecified atom stereocenters. The highest BCUT2D eigenvalue weighted by molar-refractivity contribution is 7.99. The van der Waals surface area contributed by atoms with Crippen LogP contribution in [-0.2, 0) is 11.3 Å². The Labute approximate surface area is 190 Å². The Hall–Kier alpha value is -3.52. The number of carbonyl (C=O) groups excluding carboxylic acids is 1. The Kier molecular flexibility index (Phi) is 6.61. The largest absolute Gasteiger partial charge is 0.493 e. The molecular formula is C24H24N4O3S. The van der Waals surface area contributed by atoms with Gasteiger partial charge in [-0.2, -0.15) is 0 Å². The molecule has 164 valence electrons. The number of benzene rings is 3. The van der Waals surface area contributed by atoms with E-state index in [1.807, 2.05) is 72.2 Å². The van der Waals surface area contributed by atoms with Crippen LogP contribution in [0.2, 0.25) is 0 Å². The van der Waals surface area contributed by atoms with Gasteiger partial charge >= 0.3 is 0 Å². The molecule has 0 bridgehead atoms. The number of aromatic nitrogens is 3. The van der Waals surface area contributed by atoms with Crippen molar-refractivity contribution in [2.75, 3.05) is 25.3 Å². The van der Waals surface area contributed by atoms with Gasteiger partial charge in [0.05, 0.1) is 20.0 Å². The van der Waals surface area contributed by atoms with Gasteiger partial charge in [0, 0.05) is 17.8 Å². The molecule has 1 amide bonds. The van der Waals surface area contributed by atoms with Crippen molar-refractivity contribution in [1.29, 1.82) is 0 Å². The van der Waals surface area contributed by atoms with E-state index in [-0.39, 0.29) is 11.7 Å². The molecule has 0 saturated heterocycles. The number of amides is 1. The molecule has 0 fully saturated rings. The molecule has 0 radical (unpaired) electrons. The smallest absolute Gasteiger partial charge is 0.234 e. The van der Waals surface area contributed by atoms with E-state index in [4.69, 9.17) is 9.47 Å². The van der Waals surface area contributed by atoms with Crippen molar-refractivity contribution in [2.45, 2.75) is 18.6 Å². The zero-order chi connectivity index (χ0) is 22.5. The minimum atomic E-state index is -0.0939. The van der Waals surface area contributed by atoms with Gasteiger partial charge in [-0.15, -0.1) is 10.2 Å². The summed E-state index contributed by atoms with van der Waals surface area (Å²) in [4.78, 5) is 12.5. The summed E-state index contributed by atoms with van der Waals surface area (Å²) in [5.41, 5.74) is 1.64. The van der Waals surface area contributed by atoms with Crippen molar-refractivity contribution in [3.05, 3.63) is 60.7 Å². The molecule has 0 spiro atoms. The van der Waals surface area contributed by atoms with Crippen LogP contribution in [0.4, 0.5) is 5.69 Å². The number of nitrogens with zero attached hydrogens (tertiary/aromatic N) is 3. The molecule has 0 atom stereocenters. The third kappa shape index (κ3) is 4.55. The van der Waals surface area contributed by atoms with Crippen molar-refractivity contribution in [3.63, 3.8) is 0 Å². The number of rotatable bonds is 8. The summed E-state index contributed by atoms with van der Waals surface area (Å²) in [6.45, 7) is 2.69. The second kappa shape index (κ2) is 9.74. The van der Waals surface area contributed by atoms with Crippen LogP contribution in [0.3, 0.4) is 0 Å². The van der Waals surface area contributed by atoms with Crippen LogP contribution in [0.25, 0.3) is 22.2 Å². The quantitative estimate of drug-likeness (QED) is 0.388. The van der Waals surface area contributed by atoms with Crippen molar-refractivity contribution in [1.82, 2.24) is 14.8 Å². The molecule has 7 nitrogen and oxygen atoms in total. The molecule has 0 aliphatic rings. The third-order valence-electron chi connectivity index (χ3n) is 5.04. The van der Waals surface area contributed by atoms with Gasteiger partial charge in [-0.05, 0) is 48.0 Å². The number of hydrogen-bond donors (Lipinski definition) is 1. The molecule has 0 aliphatic carbocycles. The second-order valence-electron chi connectivity index (χ2n) is 7.02. The summed E-state index contributed by atoms with van der Waals surface area (Å²) < 4.78 is 12.7. The van der Waals surface area contributed by atoms with Crippen molar-refractivity contribution in [3.8, 4) is 22.9 Å². The predicted octanol–water partition coefficient (Wildman–Crippen LogP) is 4.87. The minimum absolute atomic E-state index is 0.0939. The van der Waals surface area contributed by atoms with Gasteiger partial charge in [-0.3, -0.25) is 4.79 Å². The average molecular weight is 449 g/mol. The van der Waals surface area contributed by atoms with Crippen molar-refractivity contribution < 1.29 is 14.3 Å². The first kappa shape index (κ1) is 21.7. The lowest BCUT2D eigenvalue weighted by atomic mass is 10.1. The Bertz CT molecular complexity index is 1260. The predicted molar refractivity (Wildman–Crippen MR) is 128 cm³/mol. The molecule has 1 heterocycles. The Morgan fingerprint density at radius 2 is 1.75 bits per heavy atom. The fourth-order valence-electron chi connectivity index (χ4n) is 3.46. The van der Waals surface area contributed by atoms with Crippen LogP contribution in [0, 0.1) is 0 Å². The molecule has 0 saturated carbocycles. The van der Waals surface area contributed by atoms with Crippen LogP contribution in [0.15, 0.2) is 65.8 Å². The highest BCUT2D eigenvalue weighted by Gasteiger charge is 2.16. The Balaban J connectivity index is 1.46. The number of anilines is 1. The Morgan fingerprint density at radius 1 is 0.969 bits per heavy atom. The van der Waals surface area contributed by atoms with Gasteiger partial charge in [0.2, 0.25) is 5.91 Å². The number of thioether (sulfide) groups is 1. The summed E-state index contributed by atoms with van der Waals surface area (Å²) in [5, 5.41) is 14.5. The molecule has 1 N–H and O–H groups in total. The highest BCUT2D eigenvalue weighted by Crippen LogP contribution is 2.33. The standard InChI is InChI=1S/C24H24N4O3S/c1-4-28-23(18-10-12-20(30-2)21(14-18)31-3)26-27-24(28)32-15-22(29)25-19-11-9-16-7-5-6-8-17(16)13-19/h5-14H,4,15H2,1-3H3,(H,25,29). The molecule has 8 heteroatoms. The summed E-state index contributed by atoms with van der Waals surface area (Å²) in [6, 6.07) is 19.6. The summed E-state index contributed by atoms with van der Waals surface area (Å²) in [5.74, 6) is 2.13. The molecule has 0 aliphatic heterocycles. The lowest BCUT2D eigenvalue weighted by Gasteiger charge is -2.11. The van der Waals surface area contributed by atoms with E-state index in [9.17, 15) is 4.79 Å². The zero-order valence-electron chi connectivity index (χ0n) is 18.2. The zero-order valence-corrected chi connectivity index (χ0v) is 19.0.